The van der Waals surface area contributed by atoms with E-state index in [1.165, 1.54) is 30.3 Å². The van der Waals surface area contributed by atoms with Crippen LogP contribution in [0, 0.1) is 11.7 Å². The van der Waals surface area contributed by atoms with Crippen LogP contribution in [-0.4, -0.2) is 29.9 Å². The molecular formula is C19H16Cl2FNO3. The summed E-state index contributed by atoms with van der Waals surface area (Å²) in [7, 11) is 0. The molecule has 7 heteroatoms. The van der Waals surface area contributed by atoms with Gasteiger partial charge in [0.25, 0.3) is 5.91 Å². The second-order valence-electron chi connectivity index (χ2n) is 6.09. The van der Waals surface area contributed by atoms with E-state index < -0.39 is 17.7 Å². The van der Waals surface area contributed by atoms with Gasteiger partial charge in [-0.1, -0.05) is 23.2 Å². The fourth-order valence-corrected chi connectivity index (χ4v) is 3.16. The third-order valence-corrected chi connectivity index (χ3v) is 4.98. The van der Waals surface area contributed by atoms with Crippen LogP contribution in [0.4, 0.5) is 4.39 Å². The quantitative estimate of drug-likeness (QED) is 0.563. The van der Waals surface area contributed by atoms with Crippen molar-refractivity contribution in [1.29, 1.82) is 0 Å². The summed E-state index contributed by atoms with van der Waals surface area (Å²) < 4.78 is 18.4. The summed E-state index contributed by atoms with van der Waals surface area (Å²) >= 11 is 11.8. The van der Waals surface area contributed by atoms with E-state index in [2.05, 4.69) is 0 Å². The minimum atomic E-state index is -0.428. The Kier molecular flexibility index (Phi) is 5.79. The molecule has 1 aliphatic heterocycles. The zero-order chi connectivity index (χ0) is 18.7. The lowest BCUT2D eigenvalue weighted by Crippen LogP contribution is -2.43. The summed E-state index contributed by atoms with van der Waals surface area (Å²) in [4.78, 5) is 26.6. The highest BCUT2D eigenvalue weighted by Gasteiger charge is 2.30. The van der Waals surface area contributed by atoms with E-state index in [4.69, 9.17) is 27.9 Å². The van der Waals surface area contributed by atoms with Crippen molar-refractivity contribution in [2.24, 2.45) is 5.92 Å². The molecule has 0 bridgehead atoms. The van der Waals surface area contributed by atoms with Crippen molar-refractivity contribution < 1.29 is 18.7 Å². The van der Waals surface area contributed by atoms with Crippen LogP contribution < -0.4 is 4.74 Å². The van der Waals surface area contributed by atoms with Gasteiger partial charge in [-0.3, -0.25) is 9.59 Å². The second kappa shape index (κ2) is 8.06. The van der Waals surface area contributed by atoms with Crippen LogP contribution in [0.15, 0.2) is 42.5 Å². The minimum absolute atomic E-state index is 0.225. The molecule has 26 heavy (non-hydrogen) atoms. The number of carbonyl (C=O) groups is 2. The SMILES string of the molecule is O=C(Oc1ccc(Cl)c(Cl)c1)C1CCCN(C(=O)c2ccc(F)cc2)C1. The van der Waals surface area contributed by atoms with E-state index >= 15 is 0 Å². The van der Waals surface area contributed by atoms with Crippen LogP contribution in [0.1, 0.15) is 23.2 Å². The van der Waals surface area contributed by atoms with Crippen molar-refractivity contribution in [1.82, 2.24) is 4.90 Å². The summed E-state index contributed by atoms with van der Waals surface area (Å²) in [6, 6.07) is 9.96. The summed E-state index contributed by atoms with van der Waals surface area (Å²) in [5.74, 6) is -1.16. The van der Waals surface area contributed by atoms with Crippen molar-refractivity contribution in [3.63, 3.8) is 0 Å². The average Bonchev–Trinajstić information content (AvgIpc) is 2.65. The lowest BCUT2D eigenvalue weighted by Gasteiger charge is -2.31. The number of hydrogen-bond acceptors (Lipinski definition) is 3. The lowest BCUT2D eigenvalue weighted by molar-refractivity contribution is -0.140. The third kappa shape index (κ3) is 4.34. The highest BCUT2D eigenvalue weighted by Crippen LogP contribution is 2.28. The molecule has 0 aliphatic carbocycles. The Morgan fingerprint density at radius 3 is 2.50 bits per heavy atom. The van der Waals surface area contributed by atoms with Crippen molar-refractivity contribution in [2.45, 2.75) is 12.8 Å². The fourth-order valence-electron chi connectivity index (χ4n) is 2.87. The first-order valence-electron chi connectivity index (χ1n) is 8.15. The highest BCUT2D eigenvalue weighted by molar-refractivity contribution is 6.42. The normalized spacial score (nSPS) is 17.0. The Bertz CT molecular complexity index is 826. The van der Waals surface area contributed by atoms with Crippen LogP contribution in [0.5, 0.6) is 5.75 Å². The number of piperidine rings is 1. The lowest BCUT2D eigenvalue weighted by atomic mass is 9.97. The molecule has 1 heterocycles. The Hall–Kier alpha value is -2.11. The summed E-state index contributed by atoms with van der Waals surface area (Å²) in [6.07, 6.45) is 1.32. The van der Waals surface area contributed by atoms with Crippen LogP contribution in [0.3, 0.4) is 0 Å². The molecule has 1 unspecified atom stereocenters. The first-order valence-corrected chi connectivity index (χ1v) is 8.91. The number of likely N-dealkylation sites (tertiary alicyclic amines) is 1. The average molecular weight is 396 g/mol. The van der Waals surface area contributed by atoms with Crippen LogP contribution in [-0.2, 0) is 4.79 Å². The van der Waals surface area contributed by atoms with E-state index in [0.717, 1.165) is 0 Å². The zero-order valence-corrected chi connectivity index (χ0v) is 15.3. The van der Waals surface area contributed by atoms with Gasteiger partial charge in [-0.05, 0) is 49.2 Å². The molecule has 1 amide bonds. The number of rotatable bonds is 3. The predicted molar refractivity (Wildman–Crippen MR) is 97.1 cm³/mol. The maximum absolute atomic E-state index is 13.0. The van der Waals surface area contributed by atoms with Crippen LogP contribution >= 0.6 is 23.2 Å². The first-order chi connectivity index (χ1) is 12.4. The van der Waals surface area contributed by atoms with E-state index in [1.807, 2.05) is 0 Å². The molecule has 1 atom stereocenters. The molecular weight excluding hydrogens is 380 g/mol. The molecule has 1 aliphatic rings. The molecule has 0 aromatic heterocycles. The Morgan fingerprint density at radius 1 is 1.08 bits per heavy atom. The van der Waals surface area contributed by atoms with Gasteiger partial charge in [0.15, 0.2) is 0 Å². The van der Waals surface area contributed by atoms with E-state index in [1.54, 1.807) is 17.0 Å². The molecule has 0 radical (unpaired) electrons. The monoisotopic (exact) mass is 395 g/mol. The summed E-state index contributed by atoms with van der Waals surface area (Å²) in [5, 5.41) is 0.675. The van der Waals surface area contributed by atoms with Gasteiger partial charge in [0.1, 0.15) is 11.6 Å². The molecule has 1 fully saturated rings. The number of ether oxygens (including phenoxy) is 1. The smallest absolute Gasteiger partial charge is 0.316 e. The molecule has 0 saturated carbocycles. The molecule has 3 rings (SSSR count). The predicted octanol–water partition coefficient (Wildman–Crippen LogP) is 4.59. The van der Waals surface area contributed by atoms with Gasteiger partial charge < -0.3 is 9.64 Å². The van der Waals surface area contributed by atoms with Gasteiger partial charge in [-0.25, -0.2) is 4.39 Å². The summed E-state index contributed by atoms with van der Waals surface area (Å²) in [5.41, 5.74) is 0.393. The molecule has 4 nitrogen and oxygen atoms in total. The van der Waals surface area contributed by atoms with Crippen molar-refractivity contribution in [2.75, 3.05) is 13.1 Å². The largest absolute Gasteiger partial charge is 0.426 e. The number of amides is 1. The number of benzene rings is 2. The van der Waals surface area contributed by atoms with Crippen LogP contribution in [0.25, 0.3) is 0 Å². The van der Waals surface area contributed by atoms with E-state index in [-0.39, 0.29) is 12.5 Å². The van der Waals surface area contributed by atoms with Crippen molar-refractivity contribution >= 4 is 35.1 Å². The third-order valence-electron chi connectivity index (χ3n) is 4.24. The van der Waals surface area contributed by atoms with E-state index in [0.29, 0.717) is 40.7 Å². The van der Waals surface area contributed by atoms with Gasteiger partial charge >= 0.3 is 5.97 Å². The van der Waals surface area contributed by atoms with Crippen molar-refractivity contribution in [3.8, 4) is 5.75 Å². The number of carbonyl (C=O) groups excluding carboxylic acids is 2. The Balaban J connectivity index is 1.65. The fraction of sp³-hybridized carbons (Fsp3) is 0.263. The molecule has 2 aromatic rings. The maximum atomic E-state index is 13.0. The Labute approximate surface area is 160 Å². The van der Waals surface area contributed by atoms with Gasteiger partial charge in [-0.2, -0.15) is 0 Å². The topological polar surface area (TPSA) is 46.6 Å². The number of halogens is 3. The number of nitrogens with zero attached hydrogens (tertiary/aromatic N) is 1. The molecule has 0 spiro atoms. The Morgan fingerprint density at radius 2 is 1.81 bits per heavy atom. The van der Waals surface area contributed by atoms with Gasteiger partial charge in [0, 0.05) is 24.7 Å². The molecule has 0 N–H and O–H groups in total. The van der Waals surface area contributed by atoms with Gasteiger partial charge in [-0.15, -0.1) is 0 Å². The molecule has 2 aromatic carbocycles. The maximum Gasteiger partial charge on any atom is 0.316 e. The van der Waals surface area contributed by atoms with Crippen LogP contribution in [0.2, 0.25) is 10.0 Å². The van der Waals surface area contributed by atoms with Gasteiger partial charge in [0.05, 0.1) is 16.0 Å². The highest BCUT2D eigenvalue weighted by atomic mass is 35.5. The first kappa shape index (κ1) is 18.7. The molecule has 136 valence electrons. The number of esters is 1. The second-order valence-corrected chi connectivity index (χ2v) is 6.91. The number of hydrogen-bond donors (Lipinski definition) is 0. The summed E-state index contributed by atoms with van der Waals surface area (Å²) in [6.45, 7) is 0.809. The minimum Gasteiger partial charge on any atom is -0.426 e. The van der Waals surface area contributed by atoms with E-state index in [9.17, 15) is 14.0 Å². The molecule has 1 saturated heterocycles. The van der Waals surface area contributed by atoms with Gasteiger partial charge in [0.2, 0.25) is 0 Å². The standard InChI is InChI=1S/C19H16Cl2FNO3/c20-16-8-7-15(10-17(16)21)26-19(25)13-2-1-9-23(11-13)18(24)12-3-5-14(22)6-4-12/h3-8,10,13H,1-2,9,11H2. The van der Waals surface area contributed by atoms with Crippen molar-refractivity contribution in [3.05, 3.63) is 63.9 Å². The zero-order valence-electron chi connectivity index (χ0n) is 13.8.